The maximum absolute atomic E-state index is 13.5. The van der Waals surface area contributed by atoms with E-state index in [0.717, 1.165) is 0 Å². The van der Waals surface area contributed by atoms with Crippen molar-refractivity contribution < 1.29 is 18.7 Å². The summed E-state index contributed by atoms with van der Waals surface area (Å²) in [6, 6.07) is 5.88. The highest BCUT2D eigenvalue weighted by molar-refractivity contribution is 5.68. The fourth-order valence-corrected chi connectivity index (χ4v) is 2.17. The monoisotopic (exact) mass is 306 g/mol. The van der Waals surface area contributed by atoms with E-state index in [9.17, 15) is 9.18 Å². The van der Waals surface area contributed by atoms with Crippen molar-refractivity contribution in [1.29, 1.82) is 5.26 Å². The van der Waals surface area contributed by atoms with Crippen molar-refractivity contribution in [2.75, 3.05) is 13.1 Å². The number of hydrogen-bond donors (Lipinski definition) is 0. The van der Waals surface area contributed by atoms with Gasteiger partial charge in [-0.1, -0.05) is 0 Å². The quantitative estimate of drug-likeness (QED) is 0.842. The molecular formula is C16H19FN2O3. The Bertz CT molecular complexity index is 604. The predicted molar refractivity (Wildman–Crippen MR) is 78.0 cm³/mol. The van der Waals surface area contributed by atoms with Gasteiger partial charge in [-0.25, -0.2) is 9.18 Å². The van der Waals surface area contributed by atoms with Crippen LogP contribution < -0.4 is 4.74 Å². The van der Waals surface area contributed by atoms with Gasteiger partial charge in [-0.05, 0) is 32.9 Å². The van der Waals surface area contributed by atoms with E-state index in [1.165, 1.54) is 12.1 Å². The lowest BCUT2D eigenvalue weighted by Crippen LogP contribution is -2.36. The normalized spacial score (nSPS) is 18.0. The van der Waals surface area contributed by atoms with Crippen LogP contribution in [-0.4, -0.2) is 35.8 Å². The molecule has 0 spiro atoms. The zero-order chi connectivity index (χ0) is 16.3. The summed E-state index contributed by atoms with van der Waals surface area (Å²) in [4.78, 5) is 13.5. The van der Waals surface area contributed by atoms with E-state index in [-0.39, 0.29) is 17.8 Å². The van der Waals surface area contributed by atoms with Gasteiger partial charge in [0.15, 0.2) is 0 Å². The van der Waals surface area contributed by atoms with E-state index >= 15 is 0 Å². The van der Waals surface area contributed by atoms with Crippen molar-refractivity contribution in [2.24, 2.45) is 0 Å². The number of halogens is 1. The summed E-state index contributed by atoms with van der Waals surface area (Å²) in [5, 5.41) is 8.69. The Morgan fingerprint density at radius 3 is 2.77 bits per heavy atom. The first-order valence-electron chi connectivity index (χ1n) is 7.13. The molecule has 6 heteroatoms. The number of nitrogens with zero attached hydrogens (tertiary/aromatic N) is 2. The average molecular weight is 306 g/mol. The van der Waals surface area contributed by atoms with E-state index < -0.39 is 11.4 Å². The molecule has 2 rings (SSSR count). The molecule has 1 fully saturated rings. The zero-order valence-electron chi connectivity index (χ0n) is 12.9. The molecule has 0 N–H and O–H groups in total. The molecule has 1 aromatic rings. The van der Waals surface area contributed by atoms with Crippen LogP contribution >= 0.6 is 0 Å². The van der Waals surface area contributed by atoms with Gasteiger partial charge >= 0.3 is 6.09 Å². The molecule has 0 aromatic heterocycles. The van der Waals surface area contributed by atoms with Crippen LogP contribution in [0, 0.1) is 17.1 Å². The highest BCUT2D eigenvalue weighted by atomic mass is 19.1. The molecule has 1 atom stereocenters. The summed E-state index contributed by atoms with van der Waals surface area (Å²) < 4.78 is 24.5. The zero-order valence-corrected chi connectivity index (χ0v) is 12.9. The molecule has 1 aliphatic heterocycles. The van der Waals surface area contributed by atoms with Crippen LogP contribution in [0.25, 0.3) is 0 Å². The molecule has 118 valence electrons. The number of carbonyl (C=O) groups is 1. The molecule has 0 bridgehead atoms. The third-order valence-corrected chi connectivity index (χ3v) is 3.16. The van der Waals surface area contributed by atoms with Crippen molar-refractivity contribution in [1.82, 2.24) is 4.90 Å². The van der Waals surface area contributed by atoms with Gasteiger partial charge in [0.05, 0.1) is 12.1 Å². The first kappa shape index (κ1) is 16.1. The number of rotatable bonds is 2. The number of benzene rings is 1. The van der Waals surface area contributed by atoms with Gasteiger partial charge in [-0.2, -0.15) is 5.26 Å². The molecule has 1 amide bonds. The van der Waals surface area contributed by atoms with Gasteiger partial charge < -0.3 is 14.4 Å². The number of amides is 1. The molecule has 5 nitrogen and oxygen atoms in total. The molecule has 1 aromatic carbocycles. The van der Waals surface area contributed by atoms with Crippen LogP contribution in [0.3, 0.4) is 0 Å². The molecule has 0 unspecified atom stereocenters. The van der Waals surface area contributed by atoms with E-state index in [4.69, 9.17) is 14.7 Å². The smallest absolute Gasteiger partial charge is 0.410 e. The molecule has 1 aliphatic rings. The van der Waals surface area contributed by atoms with E-state index in [2.05, 4.69) is 0 Å². The highest BCUT2D eigenvalue weighted by Crippen LogP contribution is 2.22. The van der Waals surface area contributed by atoms with Crippen LogP contribution in [0.2, 0.25) is 0 Å². The van der Waals surface area contributed by atoms with Gasteiger partial charge in [0.25, 0.3) is 0 Å². The summed E-state index contributed by atoms with van der Waals surface area (Å²) in [7, 11) is 0. The molecule has 0 radical (unpaired) electrons. The van der Waals surface area contributed by atoms with Crippen LogP contribution in [0.1, 0.15) is 32.8 Å². The summed E-state index contributed by atoms with van der Waals surface area (Å²) in [6.45, 7) is 6.38. The predicted octanol–water partition coefficient (Wildman–Crippen LogP) is 3.09. The second kappa shape index (κ2) is 6.22. The Morgan fingerprint density at radius 1 is 1.45 bits per heavy atom. The van der Waals surface area contributed by atoms with Crippen molar-refractivity contribution in [3.8, 4) is 11.8 Å². The SMILES string of the molecule is CC(C)(C)OC(=O)N1CC[C@@H](Oc2ccc(C#N)c(F)c2)C1. The van der Waals surface area contributed by atoms with Crippen LogP contribution in [0.15, 0.2) is 18.2 Å². The van der Waals surface area contributed by atoms with Crippen molar-refractivity contribution >= 4 is 6.09 Å². The molecular weight excluding hydrogens is 287 g/mol. The second-order valence-electron chi connectivity index (χ2n) is 6.21. The minimum absolute atomic E-state index is 0.0193. The van der Waals surface area contributed by atoms with E-state index in [1.807, 2.05) is 20.8 Å². The van der Waals surface area contributed by atoms with Crippen molar-refractivity contribution in [2.45, 2.75) is 38.9 Å². The Hall–Kier alpha value is -2.29. The van der Waals surface area contributed by atoms with Gasteiger partial charge in [-0.15, -0.1) is 0 Å². The maximum atomic E-state index is 13.5. The Labute approximate surface area is 129 Å². The third-order valence-electron chi connectivity index (χ3n) is 3.16. The van der Waals surface area contributed by atoms with Gasteiger partial charge in [-0.3, -0.25) is 0 Å². The molecule has 1 heterocycles. The molecule has 22 heavy (non-hydrogen) atoms. The molecule has 0 aliphatic carbocycles. The van der Waals surface area contributed by atoms with Crippen LogP contribution in [-0.2, 0) is 4.74 Å². The Balaban J connectivity index is 1.93. The first-order valence-corrected chi connectivity index (χ1v) is 7.13. The lowest BCUT2D eigenvalue weighted by atomic mass is 10.2. The van der Waals surface area contributed by atoms with Gasteiger partial charge in [0.2, 0.25) is 0 Å². The van der Waals surface area contributed by atoms with Crippen molar-refractivity contribution in [3.05, 3.63) is 29.6 Å². The minimum Gasteiger partial charge on any atom is -0.488 e. The summed E-state index contributed by atoms with van der Waals surface area (Å²) in [6.07, 6.45) is 0.0744. The Kier molecular flexibility index (Phi) is 4.55. The fourth-order valence-electron chi connectivity index (χ4n) is 2.17. The number of likely N-dealkylation sites (tertiary alicyclic amines) is 1. The summed E-state index contributed by atoms with van der Waals surface area (Å²) >= 11 is 0. The lowest BCUT2D eigenvalue weighted by Gasteiger charge is -2.24. The molecule has 0 saturated carbocycles. The van der Waals surface area contributed by atoms with Crippen LogP contribution in [0.4, 0.5) is 9.18 Å². The third kappa shape index (κ3) is 4.10. The first-order chi connectivity index (χ1) is 10.3. The largest absolute Gasteiger partial charge is 0.488 e. The number of carbonyl (C=O) groups excluding carboxylic acids is 1. The van der Waals surface area contributed by atoms with E-state index in [1.54, 1.807) is 17.0 Å². The average Bonchev–Trinajstić information content (AvgIpc) is 2.85. The highest BCUT2D eigenvalue weighted by Gasteiger charge is 2.30. The Morgan fingerprint density at radius 2 is 2.18 bits per heavy atom. The standard InChI is InChI=1S/C16H19FN2O3/c1-16(2,3)22-15(20)19-7-6-13(10-19)21-12-5-4-11(9-18)14(17)8-12/h4-5,8,13H,6-7,10H2,1-3H3/t13-/m1/s1. The molecule has 1 saturated heterocycles. The minimum atomic E-state index is -0.609. The summed E-state index contributed by atoms with van der Waals surface area (Å²) in [5.74, 6) is -0.255. The lowest BCUT2D eigenvalue weighted by molar-refractivity contribution is 0.0275. The van der Waals surface area contributed by atoms with Gasteiger partial charge in [0.1, 0.15) is 29.3 Å². The fraction of sp³-hybridized carbons (Fsp3) is 0.500. The number of nitriles is 1. The number of ether oxygens (including phenoxy) is 2. The number of hydrogen-bond acceptors (Lipinski definition) is 4. The maximum Gasteiger partial charge on any atom is 0.410 e. The van der Waals surface area contributed by atoms with Gasteiger partial charge in [0, 0.05) is 19.0 Å². The van der Waals surface area contributed by atoms with E-state index in [0.29, 0.717) is 25.3 Å². The topological polar surface area (TPSA) is 62.6 Å². The van der Waals surface area contributed by atoms with Crippen molar-refractivity contribution in [3.63, 3.8) is 0 Å². The van der Waals surface area contributed by atoms with Crippen LogP contribution in [0.5, 0.6) is 5.75 Å². The summed E-state index contributed by atoms with van der Waals surface area (Å²) in [5.41, 5.74) is -0.555. The second-order valence-corrected chi connectivity index (χ2v) is 6.21.